The van der Waals surface area contributed by atoms with E-state index in [1.165, 1.54) is 13.2 Å². The highest BCUT2D eigenvalue weighted by atomic mass is 16.5. The minimum Gasteiger partial charge on any atom is -0.495 e. The fraction of sp³-hybridized carbons (Fsp3) is 0.250. The van der Waals surface area contributed by atoms with Gasteiger partial charge in [0.2, 0.25) is 0 Å². The number of rotatable bonds is 7. The second-order valence-electron chi connectivity index (χ2n) is 9.03. The van der Waals surface area contributed by atoms with Crippen molar-refractivity contribution in [3.63, 3.8) is 0 Å². The number of nitrogens with one attached hydrogen (secondary N) is 1. The molecule has 1 N–H and O–H groups in total. The maximum absolute atomic E-state index is 12.9. The van der Waals surface area contributed by atoms with Gasteiger partial charge >= 0.3 is 5.97 Å². The van der Waals surface area contributed by atoms with Gasteiger partial charge < -0.3 is 14.8 Å². The average Bonchev–Trinajstić information content (AvgIpc) is 2.82. The Morgan fingerprint density at radius 2 is 1.53 bits per heavy atom. The quantitative estimate of drug-likeness (QED) is 0.382. The first-order valence-corrected chi connectivity index (χ1v) is 11.0. The van der Waals surface area contributed by atoms with Gasteiger partial charge in [-0.3, -0.25) is 9.59 Å². The highest BCUT2D eigenvalue weighted by Gasteiger charge is 2.21. The van der Waals surface area contributed by atoms with Crippen molar-refractivity contribution in [2.75, 3.05) is 19.0 Å². The van der Waals surface area contributed by atoms with E-state index in [1.54, 1.807) is 36.4 Å². The summed E-state index contributed by atoms with van der Waals surface area (Å²) in [5.74, 6) is -1.05. The van der Waals surface area contributed by atoms with Crippen LogP contribution in [-0.2, 0) is 14.9 Å². The van der Waals surface area contributed by atoms with E-state index in [0.29, 0.717) is 17.0 Å². The molecule has 0 aromatic heterocycles. The summed E-state index contributed by atoms with van der Waals surface area (Å²) in [5, 5.41) is 2.74. The van der Waals surface area contributed by atoms with Crippen molar-refractivity contribution in [2.24, 2.45) is 0 Å². The van der Waals surface area contributed by atoms with Crippen molar-refractivity contribution in [1.29, 1.82) is 0 Å². The molecule has 0 unspecified atom stereocenters. The number of amides is 1. The minimum absolute atomic E-state index is 0.105. The number of ketones is 1. The van der Waals surface area contributed by atoms with Gasteiger partial charge in [-0.1, -0.05) is 74.9 Å². The summed E-state index contributed by atoms with van der Waals surface area (Å²) in [6.07, 6.45) is 0. The minimum atomic E-state index is -0.749. The molecule has 0 aliphatic heterocycles. The summed E-state index contributed by atoms with van der Waals surface area (Å²) in [5.41, 5.74) is 3.21. The van der Waals surface area contributed by atoms with Crippen LogP contribution in [0.5, 0.6) is 5.75 Å². The number of aryl methyl sites for hydroxylation is 1. The van der Waals surface area contributed by atoms with Crippen LogP contribution in [0.15, 0.2) is 66.7 Å². The molecule has 0 bridgehead atoms. The highest BCUT2D eigenvalue weighted by Crippen LogP contribution is 2.31. The Balaban J connectivity index is 1.72. The van der Waals surface area contributed by atoms with Crippen LogP contribution in [-0.4, -0.2) is 31.4 Å². The summed E-state index contributed by atoms with van der Waals surface area (Å²) >= 11 is 0. The molecular formula is C28H29NO5. The molecule has 0 spiro atoms. The normalized spacial score (nSPS) is 11.0. The van der Waals surface area contributed by atoms with Crippen LogP contribution in [0, 0.1) is 6.92 Å². The molecule has 3 rings (SSSR count). The van der Waals surface area contributed by atoms with Crippen LogP contribution in [0.1, 0.15) is 58.2 Å². The Hall–Kier alpha value is -3.93. The summed E-state index contributed by atoms with van der Waals surface area (Å²) < 4.78 is 10.6. The number of hydrogen-bond acceptors (Lipinski definition) is 5. The molecule has 0 aliphatic rings. The lowest BCUT2D eigenvalue weighted by atomic mass is 9.87. The van der Waals surface area contributed by atoms with Gasteiger partial charge in [-0.2, -0.15) is 0 Å². The molecule has 3 aromatic carbocycles. The molecule has 1 amide bonds. The van der Waals surface area contributed by atoms with Gasteiger partial charge in [0.05, 0.1) is 18.4 Å². The number of benzene rings is 3. The van der Waals surface area contributed by atoms with E-state index in [1.807, 2.05) is 31.2 Å². The highest BCUT2D eigenvalue weighted by molar-refractivity contribution is 6.14. The first-order valence-electron chi connectivity index (χ1n) is 11.0. The molecule has 0 aliphatic carbocycles. The zero-order chi connectivity index (χ0) is 24.9. The number of carbonyl (C=O) groups excluding carboxylic acids is 3. The van der Waals surface area contributed by atoms with Crippen LogP contribution in [0.2, 0.25) is 0 Å². The molecular weight excluding hydrogens is 430 g/mol. The van der Waals surface area contributed by atoms with E-state index >= 15 is 0 Å². The van der Waals surface area contributed by atoms with Gasteiger partial charge in [-0.15, -0.1) is 0 Å². The Kier molecular flexibility index (Phi) is 7.51. The zero-order valence-corrected chi connectivity index (χ0v) is 20.1. The van der Waals surface area contributed by atoms with Crippen LogP contribution >= 0.6 is 0 Å². The fourth-order valence-corrected chi connectivity index (χ4v) is 3.39. The smallest absolute Gasteiger partial charge is 0.339 e. The Morgan fingerprint density at radius 1 is 0.882 bits per heavy atom. The van der Waals surface area contributed by atoms with Crippen LogP contribution < -0.4 is 10.1 Å². The molecule has 0 heterocycles. The van der Waals surface area contributed by atoms with Gasteiger partial charge in [0.15, 0.2) is 12.4 Å². The number of anilines is 1. The molecule has 6 heteroatoms. The van der Waals surface area contributed by atoms with Crippen molar-refractivity contribution in [3.8, 4) is 5.75 Å². The monoisotopic (exact) mass is 459 g/mol. The third kappa shape index (κ3) is 5.90. The third-order valence-electron chi connectivity index (χ3n) is 5.38. The van der Waals surface area contributed by atoms with Gasteiger partial charge in [0, 0.05) is 11.1 Å². The van der Waals surface area contributed by atoms with E-state index in [9.17, 15) is 14.4 Å². The van der Waals surface area contributed by atoms with E-state index < -0.39 is 18.5 Å². The Bertz CT molecular complexity index is 1210. The lowest BCUT2D eigenvalue weighted by Gasteiger charge is -2.21. The first kappa shape index (κ1) is 24.7. The molecule has 0 fully saturated rings. The Labute approximate surface area is 199 Å². The molecule has 0 saturated heterocycles. The molecule has 0 saturated carbocycles. The fourth-order valence-electron chi connectivity index (χ4n) is 3.39. The average molecular weight is 460 g/mol. The summed E-state index contributed by atoms with van der Waals surface area (Å²) in [6.45, 7) is 7.63. The predicted molar refractivity (Wildman–Crippen MR) is 132 cm³/mol. The topological polar surface area (TPSA) is 81.7 Å². The molecule has 6 nitrogen and oxygen atoms in total. The lowest BCUT2D eigenvalue weighted by molar-refractivity contribution is -0.119. The van der Waals surface area contributed by atoms with Gasteiger partial charge in [0.1, 0.15) is 5.75 Å². The number of esters is 1. The van der Waals surface area contributed by atoms with Crippen molar-refractivity contribution in [1.82, 2.24) is 0 Å². The maximum atomic E-state index is 12.9. The van der Waals surface area contributed by atoms with Crippen LogP contribution in [0.3, 0.4) is 0 Å². The molecule has 34 heavy (non-hydrogen) atoms. The second-order valence-corrected chi connectivity index (χ2v) is 9.03. The standard InChI is InChI=1S/C28H29NO5/c1-18-10-12-19(13-11-18)26(31)21-8-6-7-9-22(21)27(32)34-17-25(30)29-23-16-20(28(2,3)4)14-15-24(23)33-5/h6-16H,17H2,1-5H3,(H,29,30). The summed E-state index contributed by atoms with van der Waals surface area (Å²) in [4.78, 5) is 38.2. The second kappa shape index (κ2) is 10.3. The molecule has 176 valence electrons. The van der Waals surface area contributed by atoms with Crippen molar-refractivity contribution < 1.29 is 23.9 Å². The van der Waals surface area contributed by atoms with Crippen LogP contribution in [0.25, 0.3) is 0 Å². The summed E-state index contributed by atoms with van der Waals surface area (Å²) in [6, 6.07) is 19.1. The van der Waals surface area contributed by atoms with Crippen molar-refractivity contribution >= 4 is 23.3 Å². The van der Waals surface area contributed by atoms with Gasteiger partial charge in [-0.25, -0.2) is 4.79 Å². The lowest BCUT2D eigenvalue weighted by Crippen LogP contribution is -2.22. The van der Waals surface area contributed by atoms with E-state index in [2.05, 4.69) is 26.1 Å². The maximum Gasteiger partial charge on any atom is 0.339 e. The van der Waals surface area contributed by atoms with Gasteiger partial charge in [-0.05, 0) is 36.1 Å². The third-order valence-corrected chi connectivity index (χ3v) is 5.38. The summed E-state index contributed by atoms with van der Waals surface area (Å²) in [7, 11) is 1.52. The molecule has 0 radical (unpaired) electrons. The van der Waals surface area contributed by atoms with E-state index in [4.69, 9.17) is 9.47 Å². The molecule has 3 aromatic rings. The predicted octanol–water partition coefficient (Wildman–Crippen LogP) is 5.33. The molecule has 0 atom stereocenters. The number of methoxy groups -OCH3 is 1. The van der Waals surface area contributed by atoms with Gasteiger partial charge in [0.25, 0.3) is 5.91 Å². The number of hydrogen-bond donors (Lipinski definition) is 1. The van der Waals surface area contributed by atoms with E-state index in [0.717, 1.165) is 11.1 Å². The van der Waals surface area contributed by atoms with Crippen molar-refractivity contribution in [3.05, 3.63) is 94.5 Å². The Morgan fingerprint density at radius 3 is 2.15 bits per heavy atom. The first-order chi connectivity index (χ1) is 16.1. The SMILES string of the molecule is COc1ccc(C(C)(C)C)cc1NC(=O)COC(=O)c1ccccc1C(=O)c1ccc(C)cc1. The van der Waals surface area contributed by atoms with Crippen LogP contribution in [0.4, 0.5) is 5.69 Å². The zero-order valence-electron chi connectivity index (χ0n) is 20.1. The number of ether oxygens (including phenoxy) is 2. The van der Waals surface area contributed by atoms with E-state index in [-0.39, 0.29) is 22.3 Å². The largest absolute Gasteiger partial charge is 0.495 e. The number of carbonyl (C=O) groups is 3. The van der Waals surface area contributed by atoms with Crippen molar-refractivity contribution in [2.45, 2.75) is 33.1 Å².